The van der Waals surface area contributed by atoms with Crippen LogP contribution in [0.2, 0.25) is 0 Å². The molecule has 0 aliphatic carbocycles. The fourth-order valence-electron chi connectivity index (χ4n) is 2.92. The van der Waals surface area contributed by atoms with E-state index in [2.05, 4.69) is 20.6 Å². The second-order valence-corrected chi connectivity index (χ2v) is 6.11. The van der Waals surface area contributed by atoms with Crippen LogP contribution in [-0.4, -0.2) is 33.0 Å². The third-order valence-corrected chi connectivity index (χ3v) is 4.31. The lowest BCUT2D eigenvalue weighted by molar-refractivity contribution is 0.101. The summed E-state index contributed by atoms with van der Waals surface area (Å²) >= 11 is 0. The Morgan fingerprint density at radius 1 is 1.14 bits per heavy atom. The largest absolute Gasteiger partial charge is 0.497 e. The van der Waals surface area contributed by atoms with E-state index in [1.165, 1.54) is 0 Å². The number of H-pyrrole nitrogens is 1. The lowest BCUT2D eigenvalue weighted by atomic mass is 10.1. The number of anilines is 1. The summed E-state index contributed by atoms with van der Waals surface area (Å²) in [4.78, 5) is 25.4. The molecule has 140 valence electrons. The minimum absolute atomic E-state index is 0.185. The summed E-state index contributed by atoms with van der Waals surface area (Å²) in [5, 5.41) is 13.8. The Hall–Kier alpha value is -3.94. The molecule has 4 aromatic rings. The zero-order valence-electron chi connectivity index (χ0n) is 15.0. The molecule has 8 heteroatoms. The first-order chi connectivity index (χ1) is 13.7. The zero-order valence-corrected chi connectivity index (χ0v) is 15.0. The molecule has 0 saturated heterocycles. The highest BCUT2D eigenvalue weighted by molar-refractivity contribution is 6.03. The summed E-state index contributed by atoms with van der Waals surface area (Å²) in [6, 6.07) is 16.2. The van der Waals surface area contributed by atoms with Gasteiger partial charge in [-0.3, -0.25) is 19.4 Å². The first kappa shape index (κ1) is 17.5. The topological polar surface area (TPSA) is 102 Å². The van der Waals surface area contributed by atoms with Crippen molar-refractivity contribution < 1.29 is 9.53 Å². The lowest BCUT2D eigenvalue weighted by Crippen LogP contribution is -2.27. The highest BCUT2D eigenvalue weighted by Crippen LogP contribution is 2.15. The van der Waals surface area contributed by atoms with E-state index in [0.717, 1.165) is 11.3 Å². The van der Waals surface area contributed by atoms with Crippen molar-refractivity contribution in [1.82, 2.24) is 20.0 Å². The molecule has 0 fully saturated rings. The molecular formula is C20H17N5O3. The highest BCUT2D eigenvalue weighted by Gasteiger charge is 2.18. The number of rotatable bonds is 5. The van der Waals surface area contributed by atoms with E-state index in [4.69, 9.17) is 4.74 Å². The van der Waals surface area contributed by atoms with E-state index in [0.29, 0.717) is 23.3 Å². The van der Waals surface area contributed by atoms with Crippen LogP contribution in [0.15, 0.2) is 65.6 Å². The van der Waals surface area contributed by atoms with Gasteiger partial charge in [-0.2, -0.15) is 10.2 Å². The summed E-state index contributed by atoms with van der Waals surface area (Å²) in [7, 11) is 1.61. The molecule has 0 aliphatic rings. The fraction of sp³-hybridized carbons (Fsp3) is 0.100. The van der Waals surface area contributed by atoms with Crippen LogP contribution in [0.25, 0.3) is 10.9 Å². The molecule has 2 N–H and O–H groups in total. The number of aromatic amines is 1. The van der Waals surface area contributed by atoms with E-state index in [1.807, 2.05) is 36.4 Å². The normalized spacial score (nSPS) is 10.8. The number of para-hydroxylation sites is 1. The molecule has 0 bridgehead atoms. The zero-order chi connectivity index (χ0) is 19.5. The maximum atomic E-state index is 12.8. The monoisotopic (exact) mass is 375 g/mol. The first-order valence-corrected chi connectivity index (χ1v) is 8.59. The fourth-order valence-corrected chi connectivity index (χ4v) is 2.92. The number of ether oxygens (including phenoxy) is 1. The van der Waals surface area contributed by atoms with Gasteiger partial charge in [-0.05, 0) is 29.8 Å². The number of hydrogen-bond acceptors (Lipinski definition) is 5. The summed E-state index contributed by atoms with van der Waals surface area (Å²) in [5.41, 5.74) is 1.00. The molecule has 0 saturated carbocycles. The Bertz CT molecular complexity index is 1180. The maximum Gasteiger partial charge on any atom is 0.281 e. The van der Waals surface area contributed by atoms with Crippen molar-refractivity contribution in [2.24, 2.45) is 0 Å². The first-order valence-electron chi connectivity index (χ1n) is 8.59. The average molecular weight is 375 g/mol. The summed E-state index contributed by atoms with van der Waals surface area (Å²) in [6.07, 6.45) is 1.57. The molecule has 4 rings (SSSR count). The number of fused-ring (bicyclic) bond motifs is 1. The van der Waals surface area contributed by atoms with Gasteiger partial charge in [-0.1, -0.05) is 24.3 Å². The number of methoxy groups -OCH3 is 1. The van der Waals surface area contributed by atoms with Gasteiger partial charge in [-0.25, -0.2) is 0 Å². The number of nitrogens with zero attached hydrogens (tertiary/aromatic N) is 3. The van der Waals surface area contributed by atoms with Crippen LogP contribution in [-0.2, 0) is 6.54 Å². The second-order valence-electron chi connectivity index (χ2n) is 6.11. The molecule has 0 radical (unpaired) electrons. The predicted octanol–water partition coefficient (Wildman–Crippen LogP) is 2.43. The Balaban J connectivity index is 1.77. The summed E-state index contributed by atoms with van der Waals surface area (Å²) in [5.74, 6) is 0.466. The number of carbonyl (C=O) groups excluding carboxylic acids is 1. The molecule has 2 aromatic carbocycles. The van der Waals surface area contributed by atoms with Crippen LogP contribution in [0.4, 0.5) is 5.82 Å². The van der Waals surface area contributed by atoms with Crippen molar-refractivity contribution in [3.8, 4) is 5.75 Å². The predicted molar refractivity (Wildman–Crippen MR) is 105 cm³/mol. The van der Waals surface area contributed by atoms with Gasteiger partial charge in [0.15, 0.2) is 11.5 Å². The number of amides is 1. The van der Waals surface area contributed by atoms with E-state index in [1.54, 1.807) is 36.2 Å². The van der Waals surface area contributed by atoms with Crippen molar-refractivity contribution >= 4 is 22.6 Å². The van der Waals surface area contributed by atoms with Crippen molar-refractivity contribution in [2.45, 2.75) is 6.54 Å². The van der Waals surface area contributed by atoms with Crippen molar-refractivity contribution in [2.75, 3.05) is 12.4 Å². The molecular weight excluding hydrogens is 358 g/mol. The highest BCUT2D eigenvalue weighted by atomic mass is 16.5. The third kappa shape index (κ3) is 3.35. The Morgan fingerprint density at radius 3 is 2.64 bits per heavy atom. The van der Waals surface area contributed by atoms with Crippen molar-refractivity contribution in [3.63, 3.8) is 0 Å². The molecule has 0 spiro atoms. The standard InChI is InChI=1S/C20H17N5O3/c1-28-14-8-6-13(7-9-14)12-25-16-5-3-2-4-15(16)19(26)18(24-25)20(27)22-17-10-11-21-23-17/h2-11H,12H2,1H3,(H2,21,22,23,27). The molecule has 2 heterocycles. The van der Waals surface area contributed by atoms with Gasteiger partial charge < -0.3 is 10.1 Å². The minimum Gasteiger partial charge on any atom is -0.497 e. The van der Waals surface area contributed by atoms with Crippen LogP contribution in [0.3, 0.4) is 0 Å². The summed E-state index contributed by atoms with van der Waals surface area (Å²) in [6.45, 7) is 0.396. The van der Waals surface area contributed by atoms with Crippen LogP contribution < -0.4 is 15.5 Å². The average Bonchev–Trinajstić information content (AvgIpc) is 3.23. The molecule has 2 aromatic heterocycles. The molecule has 8 nitrogen and oxygen atoms in total. The lowest BCUT2D eigenvalue weighted by Gasteiger charge is -2.12. The van der Waals surface area contributed by atoms with Gasteiger partial charge in [0, 0.05) is 17.6 Å². The Kier molecular flexibility index (Phi) is 4.59. The van der Waals surface area contributed by atoms with Gasteiger partial charge in [-0.15, -0.1) is 0 Å². The van der Waals surface area contributed by atoms with Gasteiger partial charge in [0.05, 0.1) is 19.2 Å². The van der Waals surface area contributed by atoms with Crippen molar-refractivity contribution in [1.29, 1.82) is 0 Å². The summed E-state index contributed by atoms with van der Waals surface area (Å²) < 4.78 is 6.83. The Labute approximate surface area is 159 Å². The maximum absolute atomic E-state index is 12.8. The number of benzene rings is 2. The number of nitrogens with one attached hydrogen (secondary N) is 2. The van der Waals surface area contributed by atoms with Crippen LogP contribution in [0.1, 0.15) is 16.1 Å². The van der Waals surface area contributed by atoms with E-state index in [9.17, 15) is 9.59 Å². The minimum atomic E-state index is -0.605. The van der Waals surface area contributed by atoms with Crippen LogP contribution in [0.5, 0.6) is 5.75 Å². The Morgan fingerprint density at radius 2 is 1.93 bits per heavy atom. The van der Waals surface area contributed by atoms with Gasteiger partial charge in [0.25, 0.3) is 5.91 Å². The molecule has 0 atom stereocenters. The number of aromatic nitrogens is 4. The smallest absolute Gasteiger partial charge is 0.281 e. The number of carbonyl (C=O) groups is 1. The van der Waals surface area contributed by atoms with E-state index in [-0.39, 0.29) is 5.69 Å². The second kappa shape index (κ2) is 7.36. The molecule has 1 amide bonds. The number of hydrogen-bond donors (Lipinski definition) is 2. The molecule has 28 heavy (non-hydrogen) atoms. The van der Waals surface area contributed by atoms with Crippen LogP contribution >= 0.6 is 0 Å². The molecule has 0 aliphatic heterocycles. The third-order valence-electron chi connectivity index (χ3n) is 4.31. The quantitative estimate of drug-likeness (QED) is 0.558. The van der Waals surface area contributed by atoms with Gasteiger partial charge in [0.2, 0.25) is 5.43 Å². The van der Waals surface area contributed by atoms with Crippen molar-refractivity contribution in [3.05, 3.63) is 82.3 Å². The van der Waals surface area contributed by atoms with E-state index >= 15 is 0 Å². The SMILES string of the molecule is COc1ccc(Cn2nc(C(=O)Nc3cc[nH]n3)c(=O)c3ccccc32)cc1. The molecule has 0 unspecified atom stereocenters. The van der Waals surface area contributed by atoms with Gasteiger partial charge in [0.1, 0.15) is 5.75 Å². The van der Waals surface area contributed by atoms with Crippen LogP contribution in [0, 0.1) is 0 Å². The van der Waals surface area contributed by atoms with E-state index < -0.39 is 11.3 Å². The van der Waals surface area contributed by atoms with Gasteiger partial charge >= 0.3 is 0 Å².